The molecule has 1 rings (SSSR count). The van der Waals surface area contributed by atoms with Crippen molar-refractivity contribution in [2.75, 3.05) is 0 Å². The van der Waals surface area contributed by atoms with Gasteiger partial charge in [0, 0.05) is 12.3 Å². The van der Waals surface area contributed by atoms with Crippen molar-refractivity contribution in [1.82, 2.24) is 0 Å². The van der Waals surface area contributed by atoms with Crippen LogP contribution in [0.15, 0.2) is 36.9 Å². The summed E-state index contributed by atoms with van der Waals surface area (Å²) < 4.78 is 0. The summed E-state index contributed by atoms with van der Waals surface area (Å²) in [6.07, 6.45) is 3.98. The predicted molar refractivity (Wildman–Crippen MR) is 82.8 cm³/mol. The van der Waals surface area contributed by atoms with Gasteiger partial charge in [-0.05, 0) is 25.8 Å². The number of rotatable bonds is 8. The van der Waals surface area contributed by atoms with Gasteiger partial charge in [-0.25, -0.2) is 0 Å². The van der Waals surface area contributed by atoms with Crippen molar-refractivity contribution in [3.63, 3.8) is 0 Å². The van der Waals surface area contributed by atoms with Gasteiger partial charge >= 0.3 is 0 Å². The van der Waals surface area contributed by atoms with Crippen LogP contribution in [0.5, 0.6) is 0 Å². The van der Waals surface area contributed by atoms with E-state index in [1.165, 1.54) is 6.92 Å². The van der Waals surface area contributed by atoms with E-state index in [9.17, 15) is 9.59 Å². The van der Waals surface area contributed by atoms with Crippen molar-refractivity contribution >= 4 is 11.6 Å². The monoisotopic (exact) mass is 272 g/mol. The molecule has 0 heterocycles. The van der Waals surface area contributed by atoms with Gasteiger partial charge in [-0.15, -0.1) is 6.58 Å². The van der Waals surface area contributed by atoms with Crippen LogP contribution in [0.25, 0.3) is 0 Å². The Hall–Kier alpha value is -1.70. The topological polar surface area (TPSA) is 34.1 Å². The van der Waals surface area contributed by atoms with Gasteiger partial charge in [0.15, 0.2) is 0 Å². The summed E-state index contributed by atoms with van der Waals surface area (Å²) >= 11 is 0. The summed E-state index contributed by atoms with van der Waals surface area (Å²) in [6.45, 7) is 9.38. The minimum atomic E-state index is -0.596. The first-order chi connectivity index (χ1) is 9.51. The fraction of sp³-hybridized carbons (Fsp3) is 0.444. The van der Waals surface area contributed by atoms with Crippen LogP contribution >= 0.6 is 0 Å². The minimum absolute atomic E-state index is 0.0322. The van der Waals surface area contributed by atoms with Crippen molar-refractivity contribution in [3.05, 3.63) is 48.0 Å². The number of aryl methyl sites for hydroxylation is 1. The zero-order valence-corrected chi connectivity index (χ0v) is 12.7. The van der Waals surface area contributed by atoms with Gasteiger partial charge in [0.2, 0.25) is 0 Å². The predicted octanol–water partition coefficient (Wildman–Crippen LogP) is 4.23. The van der Waals surface area contributed by atoms with E-state index < -0.39 is 5.92 Å². The normalized spacial score (nSPS) is 13.6. The molecule has 0 saturated heterocycles. The van der Waals surface area contributed by atoms with Crippen molar-refractivity contribution in [2.45, 2.75) is 46.0 Å². The molecule has 0 unspecified atom stereocenters. The van der Waals surface area contributed by atoms with E-state index in [0.717, 1.165) is 24.0 Å². The molecule has 0 bridgehead atoms. The van der Waals surface area contributed by atoms with Crippen molar-refractivity contribution in [3.8, 4) is 0 Å². The molecule has 0 spiro atoms. The number of benzene rings is 1. The van der Waals surface area contributed by atoms with E-state index in [-0.39, 0.29) is 17.5 Å². The quantitative estimate of drug-likeness (QED) is 0.524. The van der Waals surface area contributed by atoms with Gasteiger partial charge < -0.3 is 0 Å². The van der Waals surface area contributed by atoms with Crippen LogP contribution in [-0.4, -0.2) is 11.6 Å². The molecule has 0 aliphatic heterocycles. The summed E-state index contributed by atoms with van der Waals surface area (Å²) in [7, 11) is 0. The van der Waals surface area contributed by atoms with Crippen LogP contribution < -0.4 is 0 Å². The fourth-order valence-corrected chi connectivity index (χ4v) is 2.44. The van der Waals surface area contributed by atoms with Gasteiger partial charge in [0.05, 0.1) is 5.92 Å². The lowest BCUT2D eigenvalue weighted by atomic mass is 9.79. The van der Waals surface area contributed by atoms with Gasteiger partial charge in [0.1, 0.15) is 11.6 Å². The third kappa shape index (κ3) is 4.16. The Bertz CT molecular complexity index is 471. The highest BCUT2D eigenvalue weighted by Crippen LogP contribution is 2.29. The molecule has 0 radical (unpaired) electrons. The van der Waals surface area contributed by atoms with Crippen LogP contribution in [0.3, 0.4) is 0 Å². The van der Waals surface area contributed by atoms with Crippen molar-refractivity contribution < 1.29 is 9.59 Å². The van der Waals surface area contributed by atoms with Crippen LogP contribution in [0.1, 0.15) is 50.2 Å². The molecule has 1 aromatic carbocycles. The number of hydrogen-bond acceptors (Lipinski definition) is 2. The van der Waals surface area contributed by atoms with Crippen LogP contribution in [0.4, 0.5) is 0 Å². The second-order valence-corrected chi connectivity index (χ2v) is 5.33. The molecular weight excluding hydrogens is 248 g/mol. The Balaban J connectivity index is 3.03. The van der Waals surface area contributed by atoms with E-state index in [1.807, 2.05) is 38.1 Å². The molecule has 0 amide bonds. The summed E-state index contributed by atoms with van der Waals surface area (Å²) in [4.78, 5) is 24.2. The number of ketones is 2. The average Bonchev–Trinajstić information content (AvgIpc) is 2.42. The summed E-state index contributed by atoms with van der Waals surface area (Å²) in [6, 6.07) is 7.95. The van der Waals surface area contributed by atoms with E-state index in [2.05, 4.69) is 6.58 Å². The number of carbonyl (C=O) groups excluding carboxylic acids is 2. The lowest BCUT2D eigenvalue weighted by Crippen LogP contribution is -2.27. The van der Waals surface area contributed by atoms with Gasteiger partial charge in [0.25, 0.3) is 0 Å². The summed E-state index contributed by atoms with van der Waals surface area (Å²) in [5.41, 5.74) is 2.14. The Labute approximate surface area is 121 Å². The first kappa shape index (κ1) is 16.4. The number of hydrogen-bond donors (Lipinski definition) is 0. The first-order valence-corrected chi connectivity index (χ1v) is 7.23. The van der Waals surface area contributed by atoms with Crippen LogP contribution in [0, 0.1) is 12.8 Å². The molecule has 0 saturated carbocycles. The molecule has 2 atom stereocenters. The van der Waals surface area contributed by atoms with Crippen molar-refractivity contribution in [2.24, 2.45) is 5.92 Å². The van der Waals surface area contributed by atoms with Gasteiger partial charge in [-0.1, -0.05) is 49.2 Å². The maximum Gasteiger partial charge on any atom is 0.144 e. The van der Waals surface area contributed by atoms with E-state index in [0.29, 0.717) is 6.42 Å². The molecule has 0 aromatic heterocycles. The smallest absolute Gasteiger partial charge is 0.144 e. The van der Waals surface area contributed by atoms with Gasteiger partial charge in [-0.2, -0.15) is 0 Å². The van der Waals surface area contributed by atoms with Crippen molar-refractivity contribution in [1.29, 1.82) is 0 Å². The Morgan fingerprint density at radius 1 is 1.25 bits per heavy atom. The molecule has 2 heteroatoms. The van der Waals surface area contributed by atoms with Crippen LogP contribution in [-0.2, 0) is 9.59 Å². The molecule has 0 aliphatic rings. The van der Waals surface area contributed by atoms with Gasteiger partial charge in [-0.3, -0.25) is 9.59 Å². The fourth-order valence-electron chi connectivity index (χ4n) is 2.44. The van der Waals surface area contributed by atoms with E-state index >= 15 is 0 Å². The highest BCUT2D eigenvalue weighted by Gasteiger charge is 2.30. The molecule has 2 nitrogen and oxygen atoms in total. The lowest BCUT2D eigenvalue weighted by Gasteiger charge is -2.22. The Kier molecular flexibility index (Phi) is 6.37. The number of unbranched alkanes of at least 4 members (excludes halogenated alkanes) is 1. The number of Topliss-reactive ketones (excluding diaryl/α,β-unsaturated/α-hetero) is 2. The third-order valence-electron chi connectivity index (χ3n) is 3.64. The summed E-state index contributed by atoms with van der Waals surface area (Å²) in [5.74, 6) is -0.861. The molecule has 108 valence electrons. The zero-order chi connectivity index (χ0) is 15.1. The van der Waals surface area contributed by atoms with E-state index in [4.69, 9.17) is 0 Å². The summed E-state index contributed by atoms with van der Waals surface area (Å²) in [5, 5.41) is 0. The maximum atomic E-state index is 12.3. The SMILES string of the molecule is C=C[C@H](c1ccc(C)cc1)[C@H](C(C)=O)C(=O)CCCC. The molecule has 0 aliphatic carbocycles. The Morgan fingerprint density at radius 2 is 1.85 bits per heavy atom. The Morgan fingerprint density at radius 3 is 2.30 bits per heavy atom. The third-order valence-corrected chi connectivity index (χ3v) is 3.64. The first-order valence-electron chi connectivity index (χ1n) is 7.23. The standard InChI is InChI=1S/C18H24O2/c1-5-7-8-17(20)18(14(4)19)16(6-2)15-11-9-13(3)10-12-15/h6,9-12,16,18H,2,5,7-8H2,1,3-4H3/t16-,18+/m1/s1. The molecular formula is C18H24O2. The lowest BCUT2D eigenvalue weighted by molar-refractivity contribution is -0.132. The molecule has 0 N–H and O–H groups in total. The zero-order valence-electron chi connectivity index (χ0n) is 12.7. The molecule has 20 heavy (non-hydrogen) atoms. The highest BCUT2D eigenvalue weighted by molar-refractivity contribution is 6.02. The highest BCUT2D eigenvalue weighted by atomic mass is 16.1. The average molecular weight is 272 g/mol. The van der Waals surface area contributed by atoms with E-state index in [1.54, 1.807) is 6.08 Å². The largest absolute Gasteiger partial charge is 0.299 e. The number of allylic oxidation sites excluding steroid dienone is 1. The second kappa shape index (κ2) is 7.78. The minimum Gasteiger partial charge on any atom is -0.299 e. The van der Waals surface area contributed by atoms with Crippen LogP contribution in [0.2, 0.25) is 0 Å². The number of carbonyl (C=O) groups is 2. The second-order valence-electron chi connectivity index (χ2n) is 5.33. The molecule has 1 aromatic rings. The maximum absolute atomic E-state index is 12.3. The molecule has 0 fully saturated rings.